The molecule has 120 valence electrons. The normalized spacial score (nSPS) is 24.8. The summed E-state index contributed by atoms with van der Waals surface area (Å²) in [6, 6.07) is 0. The van der Waals surface area contributed by atoms with Crippen LogP contribution in [0.15, 0.2) is 0 Å². The maximum absolute atomic E-state index is 13.0. The molecule has 0 atom stereocenters. The fourth-order valence-electron chi connectivity index (χ4n) is 3.70. The van der Waals surface area contributed by atoms with Crippen molar-refractivity contribution in [2.75, 3.05) is 19.3 Å². The minimum atomic E-state index is -0.689. The largest absolute Gasteiger partial charge is 0.342 e. The van der Waals surface area contributed by atoms with Crippen molar-refractivity contribution in [3.63, 3.8) is 0 Å². The van der Waals surface area contributed by atoms with E-state index in [1.165, 1.54) is 25.7 Å². The van der Waals surface area contributed by atoms with E-state index in [2.05, 4.69) is 11.6 Å². The van der Waals surface area contributed by atoms with Crippen LogP contribution in [-0.2, 0) is 9.59 Å². The molecular formula is C16H28N2O2S. The highest BCUT2D eigenvalue weighted by Crippen LogP contribution is 2.41. The van der Waals surface area contributed by atoms with Gasteiger partial charge >= 0.3 is 0 Å². The highest BCUT2D eigenvalue weighted by Gasteiger charge is 2.44. The molecule has 0 bridgehead atoms. The van der Waals surface area contributed by atoms with Crippen molar-refractivity contribution < 1.29 is 9.59 Å². The molecule has 1 aliphatic heterocycles. The maximum Gasteiger partial charge on any atom is 0.248 e. The van der Waals surface area contributed by atoms with Crippen molar-refractivity contribution >= 4 is 23.6 Å². The molecule has 2 amide bonds. The number of hydrogen-bond acceptors (Lipinski definition) is 3. The maximum atomic E-state index is 13.0. The van der Waals surface area contributed by atoms with Gasteiger partial charge in [0.2, 0.25) is 11.8 Å². The molecule has 0 spiro atoms. The molecule has 0 unspecified atom stereocenters. The Morgan fingerprint density at radius 3 is 2.33 bits per heavy atom. The second-order valence-electron chi connectivity index (χ2n) is 6.41. The second-order valence-corrected chi connectivity index (χ2v) is 7.68. The van der Waals surface area contributed by atoms with Gasteiger partial charge in [-0.15, -0.1) is 0 Å². The quantitative estimate of drug-likeness (QED) is 0.849. The monoisotopic (exact) mass is 312 g/mol. The van der Waals surface area contributed by atoms with Crippen molar-refractivity contribution in [3.05, 3.63) is 0 Å². The zero-order valence-electron chi connectivity index (χ0n) is 13.5. The Bertz CT molecular complexity index is 401. The van der Waals surface area contributed by atoms with Gasteiger partial charge in [0.05, 0.1) is 0 Å². The Kier molecular flexibility index (Phi) is 5.23. The molecule has 1 saturated heterocycles. The summed E-state index contributed by atoms with van der Waals surface area (Å²) < 4.78 is 0.205. The Labute approximate surface area is 132 Å². The van der Waals surface area contributed by atoms with E-state index in [0.717, 1.165) is 6.54 Å². The van der Waals surface area contributed by atoms with Crippen LogP contribution in [0.5, 0.6) is 0 Å². The summed E-state index contributed by atoms with van der Waals surface area (Å²) in [5, 5.41) is 2.99. The van der Waals surface area contributed by atoms with Crippen LogP contribution in [0.2, 0.25) is 0 Å². The summed E-state index contributed by atoms with van der Waals surface area (Å²) >= 11 is 1.90. The third-order valence-corrected chi connectivity index (χ3v) is 6.72. The third kappa shape index (κ3) is 3.22. The van der Waals surface area contributed by atoms with Crippen molar-refractivity contribution in [1.29, 1.82) is 0 Å². The van der Waals surface area contributed by atoms with Crippen molar-refractivity contribution in [1.82, 2.24) is 10.2 Å². The zero-order valence-corrected chi connectivity index (χ0v) is 14.4. The number of carbonyl (C=O) groups is 2. The molecule has 1 saturated carbocycles. The third-order valence-electron chi connectivity index (χ3n) is 5.32. The summed E-state index contributed by atoms with van der Waals surface area (Å²) in [6.07, 6.45) is 8.80. The average molecular weight is 312 g/mol. The predicted octanol–water partition coefficient (Wildman–Crippen LogP) is 2.57. The minimum Gasteiger partial charge on any atom is -0.342 e. The summed E-state index contributed by atoms with van der Waals surface area (Å²) in [7, 11) is 0. The van der Waals surface area contributed by atoms with Crippen LogP contribution in [0.4, 0.5) is 0 Å². The lowest BCUT2D eigenvalue weighted by atomic mass is 9.90. The minimum absolute atomic E-state index is 0.0131. The smallest absolute Gasteiger partial charge is 0.248 e. The van der Waals surface area contributed by atoms with Gasteiger partial charge in [0.1, 0.15) is 5.54 Å². The van der Waals surface area contributed by atoms with Gasteiger partial charge in [-0.3, -0.25) is 9.59 Å². The fraction of sp³-hybridized carbons (Fsp3) is 0.875. The Balaban J connectivity index is 2.21. The molecule has 0 radical (unpaired) electrons. The van der Waals surface area contributed by atoms with E-state index >= 15 is 0 Å². The van der Waals surface area contributed by atoms with Crippen LogP contribution in [0.25, 0.3) is 0 Å². The number of nitrogens with zero attached hydrogens (tertiary/aromatic N) is 1. The van der Waals surface area contributed by atoms with E-state index in [9.17, 15) is 9.59 Å². The van der Waals surface area contributed by atoms with E-state index in [1.54, 1.807) is 0 Å². The standard InChI is InChI=1S/C16H28N2O2S/c1-4-16(5-2)14(20)18(11-8-13(19)17-16)12-15(21-3)9-6-7-10-15/h4-12H2,1-3H3,(H,17,19). The van der Waals surface area contributed by atoms with Crippen molar-refractivity contribution in [3.8, 4) is 0 Å². The molecule has 2 aliphatic rings. The van der Waals surface area contributed by atoms with E-state index in [-0.39, 0.29) is 16.6 Å². The summed E-state index contributed by atoms with van der Waals surface area (Å²) in [6.45, 7) is 5.34. The van der Waals surface area contributed by atoms with Gasteiger partial charge in [0, 0.05) is 24.3 Å². The highest BCUT2D eigenvalue weighted by molar-refractivity contribution is 8.00. The van der Waals surface area contributed by atoms with Crippen molar-refractivity contribution in [2.45, 2.75) is 69.1 Å². The van der Waals surface area contributed by atoms with E-state index < -0.39 is 5.54 Å². The van der Waals surface area contributed by atoms with Crippen LogP contribution < -0.4 is 5.32 Å². The molecule has 0 aromatic carbocycles. The Morgan fingerprint density at radius 1 is 1.19 bits per heavy atom. The molecular weight excluding hydrogens is 284 g/mol. The number of hydrogen-bond donors (Lipinski definition) is 1. The first kappa shape index (κ1) is 16.7. The first-order chi connectivity index (χ1) is 10.0. The molecule has 21 heavy (non-hydrogen) atoms. The van der Waals surface area contributed by atoms with Gasteiger partial charge in [-0.05, 0) is 31.9 Å². The fourth-order valence-corrected chi connectivity index (χ4v) is 4.68. The van der Waals surface area contributed by atoms with E-state index in [0.29, 0.717) is 25.8 Å². The summed E-state index contributed by atoms with van der Waals surface area (Å²) in [4.78, 5) is 27.0. The number of nitrogens with one attached hydrogen (secondary N) is 1. The average Bonchev–Trinajstić information content (AvgIpc) is 2.93. The van der Waals surface area contributed by atoms with Gasteiger partial charge < -0.3 is 10.2 Å². The SMILES string of the molecule is CCC1(CC)NC(=O)CCN(CC2(SC)CCCC2)C1=O. The van der Waals surface area contributed by atoms with Crippen LogP contribution in [0.3, 0.4) is 0 Å². The van der Waals surface area contributed by atoms with Crippen LogP contribution in [0.1, 0.15) is 58.8 Å². The first-order valence-corrected chi connectivity index (χ1v) is 9.39. The summed E-state index contributed by atoms with van der Waals surface area (Å²) in [5.41, 5.74) is -0.689. The molecule has 0 aromatic rings. The number of thioether (sulfide) groups is 1. The van der Waals surface area contributed by atoms with Gasteiger partial charge in [0.25, 0.3) is 0 Å². The highest BCUT2D eigenvalue weighted by atomic mass is 32.2. The van der Waals surface area contributed by atoms with Crippen LogP contribution in [0, 0.1) is 0 Å². The molecule has 1 aliphatic carbocycles. The zero-order chi connectivity index (χ0) is 15.5. The van der Waals surface area contributed by atoms with Gasteiger partial charge in [-0.25, -0.2) is 0 Å². The predicted molar refractivity (Wildman–Crippen MR) is 87.4 cm³/mol. The van der Waals surface area contributed by atoms with Gasteiger partial charge in [-0.1, -0.05) is 26.7 Å². The molecule has 0 aromatic heterocycles. The van der Waals surface area contributed by atoms with Crippen LogP contribution in [-0.4, -0.2) is 46.3 Å². The number of rotatable bonds is 5. The lowest BCUT2D eigenvalue weighted by Gasteiger charge is -2.38. The lowest BCUT2D eigenvalue weighted by molar-refractivity contribution is -0.139. The topological polar surface area (TPSA) is 49.4 Å². The number of carbonyl (C=O) groups excluding carboxylic acids is 2. The van der Waals surface area contributed by atoms with Gasteiger partial charge in [0.15, 0.2) is 0 Å². The Hall–Kier alpha value is -0.710. The van der Waals surface area contributed by atoms with Crippen molar-refractivity contribution in [2.24, 2.45) is 0 Å². The lowest BCUT2D eigenvalue weighted by Crippen LogP contribution is -2.58. The first-order valence-electron chi connectivity index (χ1n) is 8.16. The molecule has 2 rings (SSSR count). The molecule has 2 fully saturated rings. The molecule has 1 N–H and O–H groups in total. The second kappa shape index (κ2) is 6.59. The molecule has 1 heterocycles. The van der Waals surface area contributed by atoms with Crippen LogP contribution >= 0.6 is 11.8 Å². The number of amides is 2. The molecule has 5 heteroatoms. The Morgan fingerprint density at radius 2 is 1.81 bits per heavy atom. The molecule has 4 nitrogen and oxygen atoms in total. The van der Waals surface area contributed by atoms with E-state index in [4.69, 9.17) is 0 Å². The summed E-state index contributed by atoms with van der Waals surface area (Å²) in [5.74, 6) is 0.137. The van der Waals surface area contributed by atoms with E-state index in [1.807, 2.05) is 30.5 Å². The van der Waals surface area contributed by atoms with Gasteiger partial charge in [-0.2, -0.15) is 11.8 Å².